The van der Waals surface area contributed by atoms with Gasteiger partial charge in [-0.05, 0) is 36.8 Å². The van der Waals surface area contributed by atoms with Gasteiger partial charge in [-0.2, -0.15) is 0 Å². The van der Waals surface area contributed by atoms with E-state index in [1.54, 1.807) is 6.07 Å². The highest BCUT2D eigenvalue weighted by atomic mass is 32.1. The van der Waals surface area contributed by atoms with Gasteiger partial charge in [-0.15, -0.1) is 0 Å². The number of thiocarbonyl (C=S) groups is 1. The molecule has 0 aliphatic rings. The fraction of sp³-hybridized carbons (Fsp3) is 0.118. The molecule has 6 heteroatoms. The molecule has 2 aromatic carbocycles. The molecule has 0 aliphatic carbocycles. The second kappa shape index (κ2) is 7.02. The number of nitrogens with zero attached hydrogens (tertiary/aromatic N) is 1. The molecule has 0 fully saturated rings. The second-order valence-corrected chi connectivity index (χ2v) is 5.54. The van der Waals surface area contributed by atoms with Crippen LogP contribution in [0.1, 0.15) is 23.6 Å². The Bertz CT molecular complexity index is 783. The molecular formula is C17H16N2O3S. The number of aryl methyl sites for hydroxylation is 1. The van der Waals surface area contributed by atoms with E-state index in [0.717, 1.165) is 11.3 Å². The predicted octanol–water partition coefficient (Wildman–Crippen LogP) is 4.13. The summed E-state index contributed by atoms with van der Waals surface area (Å²) in [6.07, 6.45) is 1.43. The molecule has 118 valence electrons. The van der Waals surface area contributed by atoms with Crippen molar-refractivity contribution >= 4 is 29.0 Å². The van der Waals surface area contributed by atoms with E-state index in [0.29, 0.717) is 16.1 Å². The van der Waals surface area contributed by atoms with Gasteiger partial charge < -0.3 is 10.4 Å². The number of aromatic hydroxyl groups is 1. The summed E-state index contributed by atoms with van der Waals surface area (Å²) < 4.78 is 0. The van der Waals surface area contributed by atoms with Crippen LogP contribution < -0.4 is 5.32 Å². The van der Waals surface area contributed by atoms with Crippen molar-refractivity contribution in [3.05, 3.63) is 75.0 Å². The molecule has 0 unspecified atom stereocenters. The quantitative estimate of drug-likeness (QED) is 0.501. The Labute approximate surface area is 139 Å². The van der Waals surface area contributed by atoms with Crippen LogP contribution in [0.2, 0.25) is 0 Å². The number of hydrogen-bond acceptors (Lipinski definition) is 4. The lowest BCUT2D eigenvalue weighted by Crippen LogP contribution is -2.12. The largest absolute Gasteiger partial charge is 0.508 e. The summed E-state index contributed by atoms with van der Waals surface area (Å²) >= 11 is 5.38. The monoisotopic (exact) mass is 328 g/mol. The van der Waals surface area contributed by atoms with Crippen molar-refractivity contribution in [2.45, 2.75) is 13.8 Å². The Hall–Kier alpha value is -2.73. The highest BCUT2D eigenvalue weighted by molar-refractivity contribution is 7.81. The van der Waals surface area contributed by atoms with Crippen molar-refractivity contribution in [1.29, 1.82) is 0 Å². The minimum absolute atomic E-state index is 0.00456. The Morgan fingerprint density at radius 2 is 1.91 bits per heavy atom. The standard InChI is InChI=1S/C17H16N2O3S/c1-11-3-6-14(7-4-11)18-17(23)16-10-15(20)8-5-13(16)9-12(2)19(21)22/h3-10,20H,1-2H3,(H,18,23). The average Bonchev–Trinajstić information content (AvgIpc) is 2.51. The van der Waals surface area contributed by atoms with Crippen LogP contribution in [0.25, 0.3) is 6.08 Å². The zero-order valence-electron chi connectivity index (χ0n) is 12.7. The lowest BCUT2D eigenvalue weighted by molar-refractivity contribution is -0.422. The summed E-state index contributed by atoms with van der Waals surface area (Å²) in [5.74, 6) is 0.0453. The first-order valence-corrected chi connectivity index (χ1v) is 7.31. The molecule has 0 atom stereocenters. The highest BCUT2D eigenvalue weighted by Crippen LogP contribution is 2.21. The molecule has 0 spiro atoms. The van der Waals surface area contributed by atoms with E-state index in [1.807, 2.05) is 31.2 Å². The summed E-state index contributed by atoms with van der Waals surface area (Å²) in [5.41, 5.74) is 3.03. The van der Waals surface area contributed by atoms with E-state index in [-0.39, 0.29) is 11.4 Å². The molecule has 0 bridgehead atoms. The number of benzene rings is 2. The maximum atomic E-state index is 10.8. The molecule has 0 radical (unpaired) electrons. The molecule has 2 aromatic rings. The molecule has 2 rings (SSSR count). The number of anilines is 1. The van der Waals surface area contributed by atoms with Crippen LogP contribution in [0.5, 0.6) is 5.75 Å². The molecule has 23 heavy (non-hydrogen) atoms. The lowest BCUT2D eigenvalue weighted by Gasteiger charge is -2.11. The van der Waals surface area contributed by atoms with Crippen LogP contribution in [0.4, 0.5) is 5.69 Å². The number of nitrogens with one attached hydrogen (secondary N) is 1. The first-order valence-electron chi connectivity index (χ1n) is 6.90. The van der Waals surface area contributed by atoms with E-state index in [2.05, 4.69) is 5.32 Å². The lowest BCUT2D eigenvalue weighted by atomic mass is 10.1. The van der Waals surface area contributed by atoms with E-state index in [9.17, 15) is 15.2 Å². The van der Waals surface area contributed by atoms with Crippen LogP contribution in [-0.4, -0.2) is 15.0 Å². The fourth-order valence-corrected chi connectivity index (χ4v) is 2.27. The van der Waals surface area contributed by atoms with Crippen LogP contribution in [0.15, 0.2) is 48.2 Å². The van der Waals surface area contributed by atoms with Crippen molar-refractivity contribution in [2.75, 3.05) is 5.32 Å². The topological polar surface area (TPSA) is 75.4 Å². The summed E-state index contributed by atoms with van der Waals surface area (Å²) in [4.78, 5) is 10.7. The van der Waals surface area contributed by atoms with Gasteiger partial charge in [0.25, 0.3) is 0 Å². The van der Waals surface area contributed by atoms with Crippen molar-refractivity contribution in [1.82, 2.24) is 0 Å². The van der Waals surface area contributed by atoms with Gasteiger partial charge in [-0.3, -0.25) is 10.1 Å². The molecule has 0 saturated heterocycles. The van der Waals surface area contributed by atoms with E-state index in [1.165, 1.54) is 25.1 Å². The van der Waals surface area contributed by atoms with Gasteiger partial charge in [0.1, 0.15) is 10.7 Å². The van der Waals surface area contributed by atoms with Gasteiger partial charge >= 0.3 is 0 Å². The molecule has 2 N–H and O–H groups in total. The SMILES string of the molecule is CC(=Cc1ccc(O)cc1C(=S)Nc1ccc(C)cc1)[N+](=O)[O-]. The maximum Gasteiger partial charge on any atom is 0.243 e. The molecular weight excluding hydrogens is 312 g/mol. The molecule has 0 heterocycles. The third-order valence-electron chi connectivity index (χ3n) is 3.24. The first-order chi connectivity index (χ1) is 10.9. The average molecular weight is 328 g/mol. The predicted molar refractivity (Wildman–Crippen MR) is 95.3 cm³/mol. The Balaban J connectivity index is 2.35. The smallest absolute Gasteiger partial charge is 0.243 e. The summed E-state index contributed by atoms with van der Waals surface area (Å²) in [6, 6.07) is 12.2. The van der Waals surface area contributed by atoms with Crippen molar-refractivity contribution in [3.8, 4) is 5.75 Å². The van der Waals surface area contributed by atoms with Crippen molar-refractivity contribution < 1.29 is 10.0 Å². The van der Waals surface area contributed by atoms with Gasteiger partial charge in [-0.1, -0.05) is 36.0 Å². The van der Waals surface area contributed by atoms with Crippen LogP contribution in [0, 0.1) is 17.0 Å². The Morgan fingerprint density at radius 1 is 1.26 bits per heavy atom. The number of hydrogen-bond donors (Lipinski definition) is 2. The summed E-state index contributed by atoms with van der Waals surface area (Å²) in [5, 5.41) is 23.6. The maximum absolute atomic E-state index is 10.8. The van der Waals surface area contributed by atoms with Crippen LogP contribution in [-0.2, 0) is 0 Å². The molecule has 5 nitrogen and oxygen atoms in total. The first kappa shape index (κ1) is 16.6. The van der Waals surface area contributed by atoms with Gasteiger partial charge in [0.2, 0.25) is 5.70 Å². The Kier molecular flexibility index (Phi) is 5.08. The number of phenols is 1. The van der Waals surface area contributed by atoms with Crippen molar-refractivity contribution in [2.24, 2.45) is 0 Å². The number of rotatable bonds is 4. The van der Waals surface area contributed by atoms with Crippen molar-refractivity contribution in [3.63, 3.8) is 0 Å². The zero-order chi connectivity index (χ0) is 17.0. The highest BCUT2D eigenvalue weighted by Gasteiger charge is 2.11. The van der Waals surface area contributed by atoms with Gasteiger partial charge in [0.15, 0.2) is 0 Å². The number of nitro groups is 1. The molecule has 0 aromatic heterocycles. The minimum Gasteiger partial charge on any atom is -0.508 e. The second-order valence-electron chi connectivity index (χ2n) is 5.13. The summed E-state index contributed by atoms with van der Waals surface area (Å²) in [6.45, 7) is 3.40. The number of allylic oxidation sites excluding steroid dienone is 1. The van der Waals surface area contributed by atoms with Crippen LogP contribution in [0.3, 0.4) is 0 Å². The molecule has 0 saturated carbocycles. The van der Waals surface area contributed by atoms with Gasteiger partial charge in [0.05, 0.1) is 4.92 Å². The normalized spacial score (nSPS) is 11.1. The fourth-order valence-electron chi connectivity index (χ4n) is 1.98. The number of phenolic OH excluding ortho intramolecular Hbond substituents is 1. The summed E-state index contributed by atoms with van der Waals surface area (Å²) in [7, 11) is 0. The van der Waals surface area contributed by atoms with Gasteiger partial charge in [-0.25, -0.2) is 0 Å². The Morgan fingerprint density at radius 3 is 2.52 bits per heavy atom. The van der Waals surface area contributed by atoms with E-state index >= 15 is 0 Å². The van der Waals surface area contributed by atoms with Gasteiger partial charge in [0, 0.05) is 24.3 Å². The van der Waals surface area contributed by atoms with E-state index in [4.69, 9.17) is 12.2 Å². The third kappa shape index (κ3) is 4.37. The molecule has 0 amide bonds. The molecule has 0 aliphatic heterocycles. The van der Waals surface area contributed by atoms with E-state index < -0.39 is 4.92 Å². The minimum atomic E-state index is -0.465. The van der Waals surface area contributed by atoms with Crippen LogP contribution >= 0.6 is 12.2 Å². The third-order valence-corrected chi connectivity index (χ3v) is 3.57. The zero-order valence-corrected chi connectivity index (χ0v) is 13.6.